The van der Waals surface area contributed by atoms with E-state index in [1.54, 1.807) is 6.07 Å². The molecular formula is C11H14N2O4. The molecule has 0 radical (unpaired) electrons. The van der Waals surface area contributed by atoms with Gasteiger partial charge in [0.25, 0.3) is 5.69 Å². The molecule has 1 saturated heterocycles. The summed E-state index contributed by atoms with van der Waals surface area (Å²) < 4.78 is 5.03. The zero-order valence-corrected chi connectivity index (χ0v) is 9.50. The van der Waals surface area contributed by atoms with Gasteiger partial charge in [0.05, 0.1) is 24.2 Å². The Morgan fingerprint density at radius 1 is 1.53 bits per heavy atom. The van der Waals surface area contributed by atoms with Crippen LogP contribution in [0.1, 0.15) is 5.56 Å². The Hall–Kier alpha value is -1.66. The quantitative estimate of drug-likeness (QED) is 0.619. The highest BCUT2D eigenvalue weighted by atomic mass is 16.6. The maximum absolute atomic E-state index is 10.7. The Labute approximate surface area is 98.6 Å². The molecule has 6 heteroatoms. The van der Waals surface area contributed by atoms with Gasteiger partial charge in [-0.25, -0.2) is 0 Å². The predicted molar refractivity (Wildman–Crippen MR) is 60.9 cm³/mol. The second kappa shape index (κ2) is 4.68. The van der Waals surface area contributed by atoms with Gasteiger partial charge in [-0.1, -0.05) is 0 Å². The number of nitrogens with zero attached hydrogens (tertiary/aromatic N) is 2. The van der Waals surface area contributed by atoms with E-state index in [1.165, 1.54) is 19.2 Å². The first kappa shape index (κ1) is 11.8. The summed E-state index contributed by atoms with van der Waals surface area (Å²) in [5.74, 6) is 0.482. The van der Waals surface area contributed by atoms with Crippen molar-refractivity contribution in [1.82, 2.24) is 4.90 Å². The number of hydrogen-bond acceptors (Lipinski definition) is 5. The summed E-state index contributed by atoms with van der Waals surface area (Å²) >= 11 is 0. The van der Waals surface area contributed by atoms with Gasteiger partial charge in [-0.2, -0.15) is 0 Å². The molecule has 0 bridgehead atoms. The van der Waals surface area contributed by atoms with Gasteiger partial charge < -0.3 is 9.84 Å². The molecule has 1 aromatic carbocycles. The number of β-amino-alcohol motifs (C(OH)–C–C–N with tert-alkyl or cyclic N) is 1. The molecule has 1 heterocycles. The van der Waals surface area contributed by atoms with Gasteiger partial charge in [0.2, 0.25) is 0 Å². The van der Waals surface area contributed by atoms with Crippen LogP contribution in [0.2, 0.25) is 0 Å². The first-order valence-electron chi connectivity index (χ1n) is 5.31. The number of rotatable bonds is 4. The predicted octanol–water partition coefficient (Wildman–Crippen LogP) is 0.780. The lowest BCUT2D eigenvalue weighted by Gasteiger charge is -2.35. The van der Waals surface area contributed by atoms with Crippen molar-refractivity contribution in [3.8, 4) is 5.75 Å². The summed E-state index contributed by atoms with van der Waals surface area (Å²) in [6.07, 6.45) is -0.268. The average Bonchev–Trinajstić information content (AvgIpc) is 2.26. The maximum Gasteiger partial charge on any atom is 0.273 e. The molecule has 1 aliphatic rings. The Balaban J connectivity index is 2.15. The third kappa shape index (κ3) is 2.72. The monoisotopic (exact) mass is 238 g/mol. The Kier molecular flexibility index (Phi) is 3.26. The van der Waals surface area contributed by atoms with Crippen LogP contribution in [0, 0.1) is 10.1 Å². The van der Waals surface area contributed by atoms with Gasteiger partial charge in [0.15, 0.2) is 0 Å². The fraction of sp³-hybridized carbons (Fsp3) is 0.455. The van der Waals surface area contributed by atoms with Crippen molar-refractivity contribution in [2.24, 2.45) is 0 Å². The number of non-ortho nitro benzene ring substituents is 1. The smallest absolute Gasteiger partial charge is 0.273 e. The van der Waals surface area contributed by atoms with Crippen molar-refractivity contribution < 1.29 is 14.8 Å². The molecule has 1 aromatic rings. The van der Waals surface area contributed by atoms with E-state index >= 15 is 0 Å². The van der Waals surface area contributed by atoms with Crippen molar-refractivity contribution in [3.05, 3.63) is 33.9 Å². The molecule has 1 fully saturated rings. The van der Waals surface area contributed by atoms with E-state index in [0.29, 0.717) is 25.4 Å². The third-order valence-corrected chi connectivity index (χ3v) is 2.74. The lowest BCUT2D eigenvalue weighted by molar-refractivity contribution is -0.385. The summed E-state index contributed by atoms with van der Waals surface area (Å²) in [5.41, 5.74) is 0.850. The van der Waals surface area contributed by atoms with Gasteiger partial charge in [0.1, 0.15) is 5.75 Å². The maximum atomic E-state index is 10.7. The lowest BCUT2D eigenvalue weighted by Crippen LogP contribution is -2.49. The normalized spacial score (nSPS) is 16.6. The van der Waals surface area contributed by atoms with Crippen molar-refractivity contribution in [2.75, 3.05) is 20.2 Å². The van der Waals surface area contributed by atoms with Crippen LogP contribution in [0.5, 0.6) is 5.75 Å². The summed E-state index contributed by atoms with van der Waals surface area (Å²) in [7, 11) is 1.48. The highest BCUT2D eigenvalue weighted by Gasteiger charge is 2.24. The molecule has 0 spiro atoms. The fourth-order valence-corrected chi connectivity index (χ4v) is 1.89. The minimum Gasteiger partial charge on any atom is -0.496 e. The number of likely N-dealkylation sites (tertiary alicyclic amines) is 1. The molecule has 6 nitrogen and oxygen atoms in total. The molecule has 0 saturated carbocycles. The van der Waals surface area contributed by atoms with Crippen LogP contribution >= 0.6 is 0 Å². The van der Waals surface area contributed by atoms with Crippen LogP contribution in [-0.2, 0) is 6.54 Å². The third-order valence-electron chi connectivity index (χ3n) is 2.74. The number of aliphatic hydroxyl groups excluding tert-OH is 1. The van der Waals surface area contributed by atoms with E-state index in [-0.39, 0.29) is 11.8 Å². The summed E-state index contributed by atoms with van der Waals surface area (Å²) in [4.78, 5) is 12.3. The summed E-state index contributed by atoms with van der Waals surface area (Å²) in [5, 5.41) is 19.9. The highest BCUT2D eigenvalue weighted by Crippen LogP contribution is 2.24. The van der Waals surface area contributed by atoms with Gasteiger partial charge >= 0.3 is 0 Å². The number of nitro benzene ring substituents is 1. The number of nitro groups is 1. The van der Waals surface area contributed by atoms with E-state index in [0.717, 1.165) is 5.56 Å². The average molecular weight is 238 g/mol. The molecule has 0 aromatic heterocycles. The highest BCUT2D eigenvalue weighted by molar-refractivity contribution is 5.42. The van der Waals surface area contributed by atoms with Crippen LogP contribution in [-0.4, -0.2) is 41.2 Å². The minimum atomic E-state index is -0.434. The standard InChI is InChI=1S/C11H14N2O4/c1-17-11-3-8(2-9(4-11)13(15)16)5-12-6-10(14)7-12/h2-4,10,14H,5-7H2,1H3. The molecule has 92 valence electrons. The second-order valence-electron chi connectivity index (χ2n) is 4.14. The Morgan fingerprint density at radius 3 is 2.76 bits per heavy atom. The number of methoxy groups -OCH3 is 1. The molecule has 0 aliphatic carbocycles. The van der Waals surface area contributed by atoms with Crippen LogP contribution < -0.4 is 4.74 Å². The molecular weight excluding hydrogens is 224 g/mol. The molecule has 0 unspecified atom stereocenters. The molecule has 2 rings (SSSR count). The van der Waals surface area contributed by atoms with Crippen LogP contribution in [0.15, 0.2) is 18.2 Å². The molecule has 0 amide bonds. The Bertz CT molecular complexity index is 429. The van der Waals surface area contributed by atoms with E-state index < -0.39 is 4.92 Å². The van der Waals surface area contributed by atoms with Crippen LogP contribution in [0.3, 0.4) is 0 Å². The first-order valence-corrected chi connectivity index (χ1v) is 5.31. The number of benzene rings is 1. The van der Waals surface area contributed by atoms with Gasteiger partial charge in [-0.3, -0.25) is 15.0 Å². The van der Waals surface area contributed by atoms with Gasteiger partial charge in [-0.15, -0.1) is 0 Å². The second-order valence-corrected chi connectivity index (χ2v) is 4.14. The van der Waals surface area contributed by atoms with Crippen molar-refractivity contribution in [3.63, 3.8) is 0 Å². The number of hydrogen-bond donors (Lipinski definition) is 1. The Morgan fingerprint density at radius 2 is 2.24 bits per heavy atom. The number of ether oxygens (including phenoxy) is 1. The van der Waals surface area contributed by atoms with Gasteiger partial charge in [-0.05, 0) is 11.6 Å². The molecule has 1 aliphatic heterocycles. The molecule has 17 heavy (non-hydrogen) atoms. The fourth-order valence-electron chi connectivity index (χ4n) is 1.89. The van der Waals surface area contributed by atoms with Crippen molar-refractivity contribution in [1.29, 1.82) is 0 Å². The SMILES string of the molecule is COc1cc(CN2CC(O)C2)cc([N+](=O)[O-])c1. The topological polar surface area (TPSA) is 75.8 Å². The van der Waals surface area contributed by atoms with E-state index in [2.05, 4.69) is 0 Å². The van der Waals surface area contributed by atoms with Gasteiger partial charge in [0, 0.05) is 25.7 Å². The number of aliphatic hydroxyl groups is 1. The van der Waals surface area contributed by atoms with E-state index in [9.17, 15) is 10.1 Å². The van der Waals surface area contributed by atoms with Crippen molar-refractivity contribution in [2.45, 2.75) is 12.6 Å². The zero-order valence-electron chi connectivity index (χ0n) is 9.50. The molecule has 1 N–H and O–H groups in total. The van der Waals surface area contributed by atoms with Crippen LogP contribution in [0.25, 0.3) is 0 Å². The zero-order chi connectivity index (χ0) is 12.4. The first-order chi connectivity index (χ1) is 8.08. The van der Waals surface area contributed by atoms with E-state index in [4.69, 9.17) is 9.84 Å². The largest absolute Gasteiger partial charge is 0.496 e. The molecule has 0 atom stereocenters. The van der Waals surface area contributed by atoms with E-state index in [1.807, 2.05) is 4.90 Å². The summed E-state index contributed by atoms with van der Waals surface area (Å²) in [6.45, 7) is 1.82. The lowest BCUT2D eigenvalue weighted by atomic mass is 10.1. The minimum absolute atomic E-state index is 0.0282. The summed E-state index contributed by atoms with van der Waals surface area (Å²) in [6, 6.07) is 4.71. The van der Waals surface area contributed by atoms with Crippen molar-refractivity contribution >= 4 is 5.69 Å². The van der Waals surface area contributed by atoms with Crippen LogP contribution in [0.4, 0.5) is 5.69 Å².